The second-order valence-electron chi connectivity index (χ2n) is 6.74. The van der Waals surface area contributed by atoms with Crippen molar-refractivity contribution in [1.29, 1.82) is 0 Å². The number of rotatable bonds is 7. The maximum absolute atomic E-state index is 12.6. The molecule has 134 valence electrons. The van der Waals surface area contributed by atoms with Gasteiger partial charge in [-0.2, -0.15) is 0 Å². The average molecular weight is 340 g/mol. The van der Waals surface area contributed by atoms with Gasteiger partial charge in [-0.15, -0.1) is 0 Å². The number of carbonyl (C=O) groups is 1. The molecule has 0 aliphatic heterocycles. The molecule has 0 bridgehead atoms. The molecule has 0 aliphatic carbocycles. The van der Waals surface area contributed by atoms with Crippen LogP contribution in [0.1, 0.15) is 33.5 Å². The second-order valence-corrected chi connectivity index (χ2v) is 6.74. The summed E-state index contributed by atoms with van der Waals surface area (Å²) in [6.07, 6.45) is 2.69. The van der Waals surface area contributed by atoms with Crippen molar-refractivity contribution in [3.05, 3.63) is 52.7 Å². The number of carbonyl (C=O) groups excluding carboxylic acids is 1. The first kappa shape index (κ1) is 18.9. The zero-order valence-electron chi connectivity index (χ0n) is 15.8. The summed E-state index contributed by atoms with van der Waals surface area (Å²) < 4.78 is 0. The van der Waals surface area contributed by atoms with Crippen LogP contribution in [0.2, 0.25) is 0 Å². The smallest absolute Gasteiger partial charge is 0.255 e. The third kappa shape index (κ3) is 5.57. The molecule has 0 atom stereocenters. The zero-order valence-corrected chi connectivity index (χ0v) is 15.8. The molecule has 5 nitrogen and oxygen atoms in total. The van der Waals surface area contributed by atoms with Crippen LogP contribution in [-0.2, 0) is 0 Å². The summed E-state index contributed by atoms with van der Waals surface area (Å²) in [7, 11) is 4.11. The minimum absolute atomic E-state index is 0.117. The average Bonchev–Trinajstić information content (AvgIpc) is 2.55. The van der Waals surface area contributed by atoms with Crippen molar-refractivity contribution in [3.63, 3.8) is 0 Å². The first-order valence-corrected chi connectivity index (χ1v) is 8.60. The lowest BCUT2D eigenvalue weighted by molar-refractivity contribution is 0.102. The summed E-state index contributed by atoms with van der Waals surface area (Å²) in [5.41, 5.74) is 4.82. The Morgan fingerprint density at radius 3 is 2.44 bits per heavy atom. The predicted octanol–water partition coefficient (Wildman–Crippen LogP) is 3.62. The van der Waals surface area contributed by atoms with Gasteiger partial charge < -0.3 is 15.5 Å². The van der Waals surface area contributed by atoms with Gasteiger partial charge in [0.2, 0.25) is 0 Å². The molecule has 1 aromatic heterocycles. The van der Waals surface area contributed by atoms with Crippen LogP contribution in [0, 0.1) is 20.8 Å². The molecule has 2 aromatic rings. The molecule has 0 fully saturated rings. The molecular weight excluding hydrogens is 312 g/mol. The zero-order chi connectivity index (χ0) is 18.4. The molecule has 0 saturated heterocycles. The summed E-state index contributed by atoms with van der Waals surface area (Å²) in [6, 6.07) is 7.68. The molecule has 0 saturated carbocycles. The van der Waals surface area contributed by atoms with Gasteiger partial charge in [0.1, 0.15) is 5.82 Å². The molecule has 0 spiro atoms. The van der Waals surface area contributed by atoms with Crippen molar-refractivity contribution in [3.8, 4) is 0 Å². The third-order valence-corrected chi connectivity index (χ3v) is 4.03. The number of amides is 1. The summed E-state index contributed by atoms with van der Waals surface area (Å²) in [6.45, 7) is 7.92. The number of anilines is 2. The van der Waals surface area contributed by atoms with Gasteiger partial charge >= 0.3 is 0 Å². The van der Waals surface area contributed by atoms with E-state index in [9.17, 15) is 4.79 Å². The predicted molar refractivity (Wildman–Crippen MR) is 105 cm³/mol. The Kier molecular flexibility index (Phi) is 6.53. The molecule has 1 amide bonds. The second kappa shape index (κ2) is 8.62. The standard InChI is InChI=1S/C20H28N4O/c1-14-11-15(2)19(16(3)12-14)23-20(25)17-7-9-22-18(13-17)21-8-6-10-24(4)5/h7,9,11-13H,6,8,10H2,1-5H3,(H,21,22)(H,23,25). The van der Waals surface area contributed by atoms with Crippen molar-refractivity contribution in [2.45, 2.75) is 27.2 Å². The molecule has 1 heterocycles. The van der Waals surface area contributed by atoms with Crippen LogP contribution in [-0.4, -0.2) is 43.0 Å². The molecule has 2 rings (SSSR count). The van der Waals surface area contributed by atoms with E-state index in [-0.39, 0.29) is 5.91 Å². The Hall–Kier alpha value is -2.40. The van der Waals surface area contributed by atoms with Gasteiger partial charge in [-0.05, 0) is 71.1 Å². The maximum Gasteiger partial charge on any atom is 0.255 e. The minimum atomic E-state index is -0.117. The number of nitrogens with one attached hydrogen (secondary N) is 2. The highest BCUT2D eigenvalue weighted by molar-refractivity contribution is 6.05. The van der Waals surface area contributed by atoms with E-state index in [1.54, 1.807) is 18.3 Å². The highest BCUT2D eigenvalue weighted by Gasteiger charge is 2.11. The van der Waals surface area contributed by atoms with E-state index in [0.29, 0.717) is 5.56 Å². The van der Waals surface area contributed by atoms with Crippen LogP contribution >= 0.6 is 0 Å². The topological polar surface area (TPSA) is 57.3 Å². The summed E-state index contributed by atoms with van der Waals surface area (Å²) >= 11 is 0. The Balaban J connectivity index is 2.04. The number of pyridine rings is 1. The summed E-state index contributed by atoms with van der Waals surface area (Å²) in [5, 5.41) is 6.30. The van der Waals surface area contributed by atoms with E-state index in [4.69, 9.17) is 0 Å². The molecule has 0 radical (unpaired) electrons. The van der Waals surface area contributed by atoms with Crippen LogP contribution in [0.15, 0.2) is 30.5 Å². The molecule has 0 unspecified atom stereocenters. The molecule has 1 aromatic carbocycles. The largest absolute Gasteiger partial charge is 0.370 e. The summed E-state index contributed by atoms with van der Waals surface area (Å²) in [4.78, 5) is 19.0. The van der Waals surface area contributed by atoms with E-state index >= 15 is 0 Å². The fraction of sp³-hybridized carbons (Fsp3) is 0.400. The van der Waals surface area contributed by atoms with E-state index < -0.39 is 0 Å². The minimum Gasteiger partial charge on any atom is -0.370 e. The van der Waals surface area contributed by atoms with E-state index in [1.807, 2.05) is 13.8 Å². The Labute approximate surface area is 150 Å². The van der Waals surface area contributed by atoms with Crippen molar-refractivity contribution in [2.24, 2.45) is 0 Å². The SMILES string of the molecule is Cc1cc(C)c(NC(=O)c2ccnc(NCCCN(C)C)c2)c(C)c1. The summed E-state index contributed by atoms with van der Waals surface area (Å²) in [5.74, 6) is 0.609. The van der Waals surface area contributed by atoms with Gasteiger partial charge in [-0.1, -0.05) is 17.7 Å². The molecule has 2 N–H and O–H groups in total. The Bertz CT molecular complexity index is 717. The molecular formula is C20H28N4O. The normalized spacial score (nSPS) is 10.8. The van der Waals surface area contributed by atoms with Gasteiger partial charge in [0.05, 0.1) is 0 Å². The van der Waals surface area contributed by atoms with Crippen LogP contribution in [0.25, 0.3) is 0 Å². The lowest BCUT2D eigenvalue weighted by atomic mass is 10.0. The maximum atomic E-state index is 12.6. The van der Waals surface area contributed by atoms with Gasteiger partial charge in [0.15, 0.2) is 0 Å². The van der Waals surface area contributed by atoms with Crippen LogP contribution in [0.5, 0.6) is 0 Å². The van der Waals surface area contributed by atoms with Gasteiger partial charge in [0.25, 0.3) is 5.91 Å². The van der Waals surface area contributed by atoms with Crippen LogP contribution in [0.4, 0.5) is 11.5 Å². The number of aromatic nitrogens is 1. The van der Waals surface area contributed by atoms with Gasteiger partial charge in [0, 0.05) is 24.0 Å². The fourth-order valence-corrected chi connectivity index (χ4v) is 2.84. The van der Waals surface area contributed by atoms with Gasteiger partial charge in [-0.3, -0.25) is 4.79 Å². The highest BCUT2D eigenvalue weighted by atomic mass is 16.1. The van der Waals surface area contributed by atoms with Crippen molar-refractivity contribution in [2.75, 3.05) is 37.8 Å². The van der Waals surface area contributed by atoms with Crippen molar-refractivity contribution in [1.82, 2.24) is 9.88 Å². The number of hydrogen-bond acceptors (Lipinski definition) is 4. The van der Waals surface area contributed by atoms with E-state index in [1.165, 1.54) is 5.56 Å². The fourth-order valence-electron chi connectivity index (χ4n) is 2.84. The Morgan fingerprint density at radius 1 is 1.12 bits per heavy atom. The number of aryl methyl sites for hydroxylation is 3. The lowest BCUT2D eigenvalue weighted by Gasteiger charge is -2.13. The number of nitrogens with zero attached hydrogens (tertiary/aromatic N) is 2. The Morgan fingerprint density at radius 2 is 1.80 bits per heavy atom. The third-order valence-electron chi connectivity index (χ3n) is 4.03. The number of hydrogen-bond donors (Lipinski definition) is 2. The molecule has 25 heavy (non-hydrogen) atoms. The lowest BCUT2D eigenvalue weighted by Crippen LogP contribution is -2.17. The molecule has 0 aliphatic rings. The first-order valence-electron chi connectivity index (χ1n) is 8.60. The first-order chi connectivity index (χ1) is 11.9. The van der Waals surface area contributed by atoms with Crippen LogP contribution in [0.3, 0.4) is 0 Å². The highest BCUT2D eigenvalue weighted by Crippen LogP contribution is 2.22. The quantitative estimate of drug-likeness (QED) is 0.756. The van der Waals surface area contributed by atoms with Crippen molar-refractivity contribution < 1.29 is 4.79 Å². The van der Waals surface area contributed by atoms with E-state index in [2.05, 4.69) is 53.7 Å². The number of benzene rings is 1. The van der Waals surface area contributed by atoms with Gasteiger partial charge in [-0.25, -0.2) is 4.98 Å². The molecule has 5 heteroatoms. The van der Waals surface area contributed by atoms with E-state index in [0.717, 1.165) is 42.1 Å². The van der Waals surface area contributed by atoms with Crippen molar-refractivity contribution >= 4 is 17.4 Å². The van der Waals surface area contributed by atoms with Crippen LogP contribution < -0.4 is 10.6 Å². The monoisotopic (exact) mass is 340 g/mol.